The summed E-state index contributed by atoms with van der Waals surface area (Å²) in [5, 5.41) is 3.33. The summed E-state index contributed by atoms with van der Waals surface area (Å²) in [5.74, 6) is 0. The molecule has 7 heavy (non-hydrogen) atoms. The molecular weight excluding hydrogens is 90.1 g/mol. The fraction of sp³-hybridized carbons (Fsp3) is 0.250. The molecule has 0 radical (unpaired) electrons. The normalized spacial score (nSPS) is 7.57. The summed E-state index contributed by atoms with van der Waals surface area (Å²) >= 11 is 0. The molecule has 0 fully saturated rings. The third-order valence-corrected chi connectivity index (χ3v) is 0.484. The van der Waals surface area contributed by atoms with E-state index < -0.39 is 0 Å². The van der Waals surface area contributed by atoms with E-state index in [2.05, 4.69) is 23.8 Å². The van der Waals surface area contributed by atoms with Gasteiger partial charge in [0, 0.05) is 19.0 Å². The molecule has 0 atom stereocenters. The number of hydrogen-bond donors (Lipinski definition) is 2. The molecule has 0 saturated heterocycles. The van der Waals surface area contributed by atoms with Crippen LogP contribution >= 0.6 is 0 Å². The van der Waals surface area contributed by atoms with Crippen LogP contribution in [0.15, 0.2) is 17.4 Å². The quantitative estimate of drug-likeness (QED) is 0.376. The lowest BCUT2D eigenvalue weighted by Gasteiger charge is -1.95. The van der Waals surface area contributed by atoms with Crippen LogP contribution in [-0.2, 0) is 0 Å². The van der Waals surface area contributed by atoms with E-state index in [1.54, 1.807) is 0 Å². The van der Waals surface area contributed by atoms with Gasteiger partial charge in [-0.05, 0) is 0 Å². The van der Waals surface area contributed by atoms with Crippen LogP contribution in [0.4, 0.5) is 0 Å². The van der Waals surface area contributed by atoms with Crippen molar-refractivity contribution in [1.29, 1.82) is 0 Å². The second-order valence-electron chi connectivity index (χ2n) is 1.08. The van der Waals surface area contributed by atoms with E-state index in [9.17, 15) is 0 Å². The van der Waals surface area contributed by atoms with Crippen molar-refractivity contribution in [1.82, 2.24) is 5.43 Å². The summed E-state index contributed by atoms with van der Waals surface area (Å²) in [6.07, 6.45) is 0. The highest BCUT2D eigenvalue weighted by Gasteiger charge is 1.78. The number of rotatable bonds is 3. The lowest BCUT2D eigenvalue weighted by Crippen LogP contribution is -2.13. The van der Waals surface area contributed by atoms with Gasteiger partial charge < -0.3 is 5.73 Å². The van der Waals surface area contributed by atoms with E-state index in [0.717, 1.165) is 0 Å². The fourth-order valence-corrected chi connectivity index (χ4v) is 0.157. The van der Waals surface area contributed by atoms with E-state index in [1.165, 1.54) is 0 Å². The van der Waals surface area contributed by atoms with Gasteiger partial charge in [-0.15, -0.1) is 0 Å². The molecule has 0 aromatic heterocycles. The van der Waals surface area contributed by atoms with Crippen LogP contribution in [0.1, 0.15) is 0 Å². The fourth-order valence-electron chi connectivity index (χ4n) is 0.157. The van der Waals surface area contributed by atoms with Gasteiger partial charge in [0.1, 0.15) is 0 Å². The first kappa shape index (κ1) is 6.17. The first-order chi connectivity index (χ1) is 3.31. The lowest BCUT2D eigenvalue weighted by atomic mass is 10.5. The summed E-state index contributed by atoms with van der Waals surface area (Å²) in [6, 6.07) is 0. The summed E-state index contributed by atoms with van der Waals surface area (Å²) < 4.78 is 0. The Morgan fingerprint density at radius 2 is 2.43 bits per heavy atom. The van der Waals surface area contributed by atoms with Gasteiger partial charge in [0.2, 0.25) is 0 Å². The van der Waals surface area contributed by atoms with Gasteiger partial charge in [-0.25, -0.2) is 0 Å². The Labute approximate surface area is 42.9 Å². The zero-order chi connectivity index (χ0) is 5.70. The molecule has 3 heteroatoms. The van der Waals surface area contributed by atoms with Crippen LogP contribution in [0.2, 0.25) is 0 Å². The second-order valence-corrected chi connectivity index (χ2v) is 1.08. The molecule has 3 N–H and O–H groups in total. The van der Waals surface area contributed by atoms with E-state index >= 15 is 0 Å². The molecule has 0 aliphatic rings. The van der Waals surface area contributed by atoms with Crippen molar-refractivity contribution in [2.45, 2.75) is 0 Å². The smallest absolute Gasteiger partial charge is 0.0400 e. The van der Waals surface area contributed by atoms with Crippen molar-refractivity contribution in [2.24, 2.45) is 10.8 Å². The highest BCUT2D eigenvalue weighted by atomic mass is 15.3. The van der Waals surface area contributed by atoms with Gasteiger partial charge in [0.25, 0.3) is 0 Å². The van der Waals surface area contributed by atoms with E-state index in [1.807, 2.05) is 0 Å². The van der Waals surface area contributed by atoms with Gasteiger partial charge in [0.15, 0.2) is 0 Å². The van der Waals surface area contributed by atoms with Crippen LogP contribution in [-0.4, -0.2) is 13.3 Å². The molecule has 0 saturated carbocycles. The summed E-state index contributed by atoms with van der Waals surface area (Å²) in [6.45, 7) is 7.07. The van der Waals surface area contributed by atoms with Crippen LogP contribution in [0.25, 0.3) is 0 Å². The molecule has 0 unspecified atom stereocenters. The Morgan fingerprint density at radius 3 is 2.57 bits per heavy atom. The molecule has 0 heterocycles. The molecule has 0 rings (SSSR count). The second kappa shape index (κ2) is 3.36. The maximum atomic E-state index is 5.11. The van der Waals surface area contributed by atoms with Gasteiger partial charge in [0.05, 0.1) is 0 Å². The van der Waals surface area contributed by atoms with Crippen LogP contribution in [0.5, 0.6) is 0 Å². The lowest BCUT2D eigenvalue weighted by molar-refractivity contribution is 0.862. The van der Waals surface area contributed by atoms with Gasteiger partial charge >= 0.3 is 0 Å². The molecule has 0 aliphatic heterocycles. The van der Waals surface area contributed by atoms with E-state index in [-0.39, 0.29) is 0 Å². The first-order valence-corrected chi connectivity index (χ1v) is 1.91. The molecule has 0 amide bonds. The summed E-state index contributed by atoms with van der Waals surface area (Å²) in [5.41, 5.74) is 8.27. The van der Waals surface area contributed by atoms with E-state index in [0.29, 0.717) is 12.2 Å². The molecule has 0 aromatic rings. The van der Waals surface area contributed by atoms with Crippen molar-refractivity contribution >= 4 is 6.72 Å². The van der Waals surface area contributed by atoms with Crippen molar-refractivity contribution in [3.8, 4) is 0 Å². The van der Waals surface area contributed by atoms with E-state index in [4.69, 9.17) is 5.73 Å². The molecule has 0 aromatic carbocycles. The zero-order valence-corrected chi connectivity index (χ0v) is 4.15. The average Bonchev–Trinajstić information content (AvgIpc) is 1.68. The topological polar surface area (TPSA) is 50.4 Å². The zero-order valence-electron chi connectivity index (χ0n) is 4.15. The highest BCUT2D eigenvalue weighted by molar-refractivity contribution is 5.23. The molecule has 40 valence electrons. The third-order valence-electron chi connectivity index (χ3n) is 0.484. The minimum absolute atomic E-state index is 0.402. The average molecular weight is 99.1 g/mol. The van der Waals surface area contributed by atoms with Gasteiger partial charge in [-0.2, -0.15) is 5.10 Å². The SMILES string of the molecule is C=NNC(=C)CN. The largest absolute Gasteiger partial charge is 0.325 e. The van der Waals surface area contributed by atoms with Gasteiger partial charge in [-0.1, -0.05) is 6.58 Å². The molecule has 0 spiro atoms. The van der Waals surface area contributed by atoms with Crippen molar-refractivity contribution in [2.75, 3.05) is 6.54 Å². The van der Waals surface area contributed by atoms with Crippen molar-refractivity contribution < 1.29 is 0 Å². The maximum Gasteiger partial charge on any atom is 0.0400 e. The third kappa shape index (κ3) is 2.99. The highest BCUT2D eigenvalue weighted by Crippen LogP contribution is 1.72. The summed E-state index contributed by atoms with van der Waals surface area (Å²) in [4.78, 5) is 0. The standard InChI is InChI=1S/C4H9N3/c1-4(3-5)7-6-2/h7H,1-3,5H2. The Kier molecular flexibility index (Phi) is 2.96. The van der Waals surface area contributed by atoms with Crippen LogP contribution in [0, 0.1) is 0 Å². The maximum absolute atomic E-state index is 5.11. The number of hydrogen-bond acceptors (Lipinski definition) is 3. The monoisotopic (exact) mass is 99.1 g/mol. The van der Waals surface area contributed by atoms with Crippen LogP contribution < -0.4 is 11.2 Å². The molecule has 0 bridgehead atoms. The first-order valence-electron chi connectivity index (χ1n) is 1.91. The Morgan fingerprint density at radius 1 is 1.86 bits per heavy atom. The predicted molar refractivity (Wildman–Crippen MR) is 30.9 cm³/mol. The Bertz CT molecular complexity index is 77.0. The predicted octanol–water partition coefficient (Wildman–Crippen LogP) is -0.336. The molecule has 3 nitrogen and oxygen atoms in total. The molecule has 0 aliphatic carbocycles. The van der Waals surface area contributed by atoms with Crippen molar-refractivity contribution in [3.63, 3.8) is 0 Å². The minimum Gasteiger partial charge on any atom is -0.325 e. The Balaban J connectivity index is 3.17. The minimum atomic E-state index is 0.402. The number of nitrogens with two attached hydrogens (primary N) is 1. The summed E-state index contributed by atoms with van der Waals surface area (Å²) in [7, 11) is 0. The van der Waals surface area contributed by atoms with Crippen molar-refractivity contribution in [3.05, 3.63) is 12.3 Å². The van der Waals surface area contributed by atoms with Crippen LogP contribution in [0.3, 0.4) is 0 Å². The molecular formula is C4H9N3. The number of nitrogens with one attached hydrogen (secondary N) is 1. The number of hydrazone groups is 1. The number of nitrogens with zero attached hydrogens (tertiary/aromatic N) is 1. The van der Waals surface area contributed by atoms with Gasteiger partial charge in [-0.3, -0.25) is 5.43 Å². The Hall–Kier alpha value is -0.830.